The first-order valence-electron chi connectivity index (χ1n) is 7.52. The number of nitrogens with zero attached hydrogens (tertiary/aromatic N) is 1. The van der Waals surface area contributed by atoms with Gasteiger partial charge in [0.2, 0.25) is 0 Å². The number of phenols is 1. The molecule has 1 saturated heterocycles. The van der Waals surface area contributed by atoms with Crippen LogP contribution in [0.25, 0.3) is 0 Å². The topological polar surface area (TPSA) is 86.7 Å². The quantitative estimate of drug-likeness (QED) is 0.508. The van der Waals surface area contributed by atoms with E-state index in [-0.39, 0.29) is 11.5 Å². The van der Waals surface area contributed by atoms with Gasteiger partial charge in [0.05, 0.1) is 26.7 Å². The van der Waals surface area contributed by atoms with E-state index in [4.69, 9.17) is 5.11 Å². The van der Waals surface area contributed by atoms with Crippen LogP contribution in [0.15, 0.2) is 24.3 Å². The van der Waals surface area contributed by atoms with Crippen molar-refractivity contribution in [2.75, 3.05) is 26.7 Å². The van der Waals surface area contributed by atoms with E-state index in [9.17, 15) is 13.0 Å². The molecule has 7 heteroatoms. The van der Waals surface area contributed by atoms with Crippen LogP contribution in [-0.2, 0) is 10.4 Å². The van der Waals surface area contributed by atoms with Crippen LogP contribution in [0.4, 0.5) is 0 Å². The lowest BCUT2D eigenvalue weighted by Gasteiger charge is -2.28. The minimum Gasteiger partial charge on any atom is -0.716 e. The van der Waals surface area contributed by atoms with E-state index in [0.717, 1.165) is 0 Å². The minimum absolute atomic E-state index is 0.0364. The smallest absolute Gasteiger partial charge is 0.262 e. The molecule has 1 aromatic rings. The van der Waals surface area contributed by atoms with Crippen molar-refractivity contribution in [1.82, 2.24) is 0 Å². The summed E-state index contributed by atoms with van der Waals surface area (Å²) in [7, 11) is -2.32. The molecular formula is C15H25NO5S. The lowest BCUT2D eigenvalue weighted by molar-refractivity contribution is -0.897. The van der Waals surface area contributed by atoms with Crippen LogP contribution in [0.3, 0.4) is 0 Å². The van der Waals surface area contributed by atoms with Crippen LogP contribution in [0.2, 0.25) is 0 Å². The van der Waals surface area contributed by atoms with Crippen molar-refractivity contribution in [2.45, 2.75) is 32.6 Å². The predicted molar refractivity (Wildman–Crippen MR) is 83.4 cm³/mol. The van der Waals surface area contributed by atoms with E-state index in [0.29, 0.717) is 0 Å². The van der Waals surface area contributed by atoms with Gasteiger partial charge in [-0.3, -0.25) is 0 Å². The molecule has 0 amide bonds. The maximum Gasteiger partial charge on any atom is 0.262 e. The highest BCUT2D eigenvalue weighted by molar-refractivity contribution is 7.81. The highest BCUT2D eigenvalue weighted by atomic mass is 32.3. The van der Waals surface area contributed by atoms with E-state index < -0.39 is 10.4 Å². The predicted octanol–water partition coefficient (Wildman–Crippen LogP) is 2.26. The molecule has 1 aliphatic rings. The van der Waals surface area contributed by atoms with Crippen molar-refractivity contribution in [3.63, 3.8) is 0 Å². The first-order chi connectivity index (χ1) is 10.2. The van der Waals surface area contributed by atoms with Crippen molar-refractivity contribution >= 4 is 10.4 Å². The summed E-state index contributed by atoms with van der Waals surface area (Å²) in [5, 5.41) is 8.77. The lowest BCUT2D eigenvalue weighted by atomic mass is 10.3. The van der Waals surface area contributed by atoms with Crippen molar-refractivity contribution in [1.29, 1.82) is 0 Å². The fourth-order valence-electron chi connectivity index (χ4n) is 2.48. The van der Waals surface area contributed by atoms with Crippen LogP contribution in [0, 0.1) is 0 Å². The number of hydrogen-bond acceptors (Lipinski definition) is 5. The Bertz CT molecular complexity index is 536. The zero-order valence-corrected chi connectivity index (χ0v) is 14.0. The molecule has 1 heterocycles. The van der Waals surface area contributed by atoms with Crippen molar-refractivity contribution < 1.29 is 26.7 Å². The van der Waals surface area contributed by atoms with E-state index in [1.807, 2.05) is 0 Å². The molecule has 22 heavy (non-hydrogen) atoms. The Labute approximate surface area is 132 Å². The second-order valence-electron chi connectivity index (χ2n) is 5.84. The minimum atomic E-state index is -4.72. The van der Waals surface area contributed by atoms with Gasteiger partial charge in [-0.15, -0.1) is 0 Å². The fraction of sp³-hybridized carbons (Fsp3) is 0.600. The number of unbranched alkanes of at least 4 members (excludes halogenated alkanes) is 1. The number of quaternary nitrogens is 1. The highest BCUT2D eigenvalue weighted by Crippen LogP contribution is 2.17. The molecule has 126 valence electrons. The fourth-order valence-corrected chi connectivity index (χ4v) is 2.83. The summed E-state index contributed by atoms with van der Waals surface area (Å²) in [5.74, 6) is -0.159. The summed E-state index contributed by atoms with van der Waals surface area (Å²) < 4.78 is 35.5. The summed E-state index contributed by atoms with van der Waals surface area (Å²) in [6.45, 7) is 6.55. The van der Waals surface area contributed by atoms with Gasteiger partial charge in [-0.2, -0.15) is 0 Å². The highest BCUT2D eigenvalue weighted by Gasteiger charge is 2.25. The Morgan fingerprint density at radius 1 is 1.23 bits per heavy atom. The molecule has 0 spiro atoms. The maximum absolute atomic E-state index is 10.0. The third kappa shape index (κ3) is 7.63. The standard InChI is InChI=1S/C9H20N.C6H6O5S/c1-3-4-7-10(2)8-5-6-9-10;7-5-1-3-6(4-2-5)11-12(8,9)10/h3-9H2,1-2H3;1-4,7H,(H,8,9,10)/q+1;/p-1. The van der Waals surface area contributed by atoms with E-state index in [1.165, 1.54) is 74.1 Å². The maximum atomic E-state index is 10.0. The summed E-state index contributed by atoms with van der Waals surface area (Å²) in [6.07, 6.45) is 5.69. The van der Waals surface area contributed by atoms with Gasteiger partial charge in [-0.25, -0.2) is 8.42 Å². The van der Waals surface area contributed by atoms with Gasteiger partial charge >= 0.3 is 0 Å². The average Bonchev–Trinajstić information content (AvgIpc) is 2.86. The molecule has 0 radical (unpaired) electrons. The number of hydrogen-bond donors (Lipinski definition) is 1. The molecule has 0 saturated carbocycles. The molecule has 0 unspecified atom stereocenters. The number of aromatic hydroxyl groups is 1. The van der Waals surface area contributed by atoms with Crippen LogP contribution in [0.1, 0.15) is 32.6 Å². The first kappa shape index (κ1) is 18.7. The molecule has 0 aliphatic carbocycles. The van der Waals surface area contributed by atoms with Crippen LogP contribution < -0.4 is 4.18 Å². The zero-order valence-electron chi connectivity index (χ0n) is 13.2. The third-order valence-electron chi connectivity index (χ3n) is 3.73. The number of likely N-dealkylation sites (tertiary alicyclic amines) is 1. The van der Waals surface area contributed by atoms with E-state index >= 15 is 0 Å². The molecule has 1 aliphatic heterocycles. The lowest BCUT2D eigenvalue weighted by Crippen LogP contribution is -2.41. The summed E-state index contributed by atoms with van der Waals surface area (Å²) in [4.78, 5) is 0. The van der Waals surface area contributed by atoms with Crippen LogP contribution in [0.5, 0.6) is 11.5 Å². The van der Waals surface area contributed by atoms with Gasteiger partial charge in [-0.1, -0.05) is 13.3 Å². The molecule has 1 N–H and O–H groups in total. The van der Waals surface area contributed by atoms with Crippen LogP contribution >= 0.6 is 0 Å². The first-order valence-corrected chi connectivity index (χ1v) is 8.85. The molecule has 2 rings (SSSR count). The Kier molecular flexibility index (Phi) is 7.12. The average molecular weight is 331 g/mol. The van der Waals surface area contributed by atoms with E-state index in [2.05, 4.69) is 18.2 Å². The number of benzene rings is 1. The van der Waals surface area contributed by atoms with Crippen LogP contribution in [-0.4, -0.2) is 49.2 Å². The van der Waals surface area contributed by atoms with Gasteiger partial charge < -0.3 is 18.3 Å². The van der Waals surface area contributed by atoms with Gasteiger partial charge in [0.25, 0.3) is 10.4 Å². The van der Waals surface area contributed by atoms with Crippen molar-refractivity contribution in [3.8, 4) is 11.5 Å². The van der Waals surface area contributed by atoms with Crippen molar-refractivity contribution in [2.24, 2.45) is 0 Å². The second kappa shape index (κ2) is 8.36. The summed E-state index contributed by atoms with van der Waals surface area (Å²) in [6, 6.07) is 4.76. The summed E-state index contributed by atoms with van der Waals surface area (Å²) in [5.41, 5.74) is 0. The number of rotatable bonds is 5. The largest absolute Gasteiger partial charge is 0.716 e. The molecular weight excluding hydrogens is 306 g/mol. The zero-order chi connectivity index (χ0) is 16.6. The van der Waals surface area contributed by atoms with Gasteiger partial charge in [-0.05, 0) is 30.7 Å². The third-order valence-corrected chi connectivity index (χ3v) is 4.13. The van der Waals surface area contributed by atoms with Gasteiger partial charge in [0.1, 0.15) is 11.5 Å². The van der Waals surface area contributed by atoms with Gasteiger partial charge in [0.15, 0.2) is 0 Å². The normalized spacial score (nSPS) is 16.7. The molecule has 0 aromatic heterocycles. The summed E-state index contributed by atoms with van der Waals surface area (Å²) >= 11 is 0. The Hall–Kier alpha value is -1.31. The molecule has 6 nitrogen and oxygen atoms in total. The Morgan fingerprint density at radius 2 is 1.77 bits per heavy atom. The SMILES string of the molecule is CCCC[N+]1(C)CCCC1.O=S(=O)([O-])Oc1ccc(O)cc1. The Balaban J connectivity index is 0.000000224. The van der Waals surface area contributed by atoms with Crippen molar-refractivity contribution in [3.05, 3.63) is 24.3 Å². The Morgan fingerprint density at radius 3 is 2.23 bits per heavy atom. The molecule has 1 aromatic carbocycles. The molecule has 0 atom stereocenters. The number of phenolic OH excluding ortho intramolecular Hbond substituents is 1. The molecule has 1 fully saturated rings. The second-order valence-corrected chi connectivity index (χ2v) is 6.82. The molecule has 0 bridgehead atoms. The van der Waals surface area contributed by atoms with Gasteiger partial charge in [0, 0.05) is 12.8 Å². The van der Waals surface area contributed by atoms with E-state index in [1.54, 1.807) is 0 Å². The monoisotopic (exact) mass is 331 g/mol.